The molecule has 6 heteroatoms. The van der Waals surface area contributed by atoms with E-state index in [0.29, 0.717) is 12.4 Å². The molecule has 0 spiro atoms. The lowest BCUT2D eigenvalue weighted by Gasteiger charge is -2.07. The quantitative estimate of drug-likeness (QED) is 0.734. The summed E-state index contributed by atoms with van der Waals surface area (Å²) in [5.74, 6) is 1.41. The SMILES string of the molecule is Clc1nc(NCc2ccno2)c2ccccc2n1. The molecular formula is C12H9ClN4O. The average Bonchev–Trinajstić information content (AvgIpc) is 2.89. The van der Waals surface area contributed by atoms with E-state index in [2.05, 4.69) is 20.4 Å². The van der Waals surface area contributed by atoms with Gasteiger partial charge in [-0.25, -0.2) is 9.97 Å². The molecule has 0 radical (unpaired) electrons. The van der Waals surface area contributed by atoms with Crippen molar-refractivity contribution in [1.29, 1.82) is 0 Å². The Balaban J connectivity index is 1.95. The molecule has 0 saturated heterocycles. The first-order chi connectivity index (χ1) is 8.83. The molecule has 0 saturated carbocycles. The van der Waals surface area contributed by atoms with Gasteiger partial charge in [0.25, 0.3) is 0 Å². The Hall–Kier alpha value is -2.14. The molecule has 0 fully saturated rings. The number of nitrogens with zero attached hydrogens (tertiary/aromatic N) is 3. The highest BCUT2D eigenvalue weighted by atomic mass is 35.5. The van der Waals surface area contributed by atoms with Crippen LogP contribution in [0.4, 0.5) is 5.82 Å². The van der Waals surface area contributed by atoms with Crippen molar-refractivity contribution in [2.45, 2.75) is 6.54 Å². The molecule has 2 aromatic heterocycles. The standard InChI is InChI=1S/C12H9ClN4O/c13-12-16-10-4-2-1-3-9(10)11(17-12)14-7-8-5-6-15-18-8/h1-6H,7H2,(H,14,16,17). The van der Waals surface area contributed by atoms with Crippen LogP contribution >= 0.6 is 11.6 Å². The minimum Gasteiger partial charge on any atom is -0.362 e. The van der Waals surface area contributed by atoms with Gasteiger partial charge in [0.05, 0.1) is 18.3 Å². The van der Waals surface area contributed by atoms with Gasteiger partial charge < -0.3 is 9.84 Å². The number of nitrogens with one attached hydrogen (secondary N) is 1. The largest absolute Gasteiger partial charge is 0.362 e. The summed E-state index contributed by atoms with van der Waals surface area (Å²) < 4.78 is 5.01. The summed E-state index contributed by atoms with van der Waals surface area (Å²) >= 11 is 5.89. The van der Waals surface area contributed by atoms with Crippen LogP contribution in [0.15, 0.2) is 41.1 Å². The summed E-state index contributed by atoms with van der Waals surface area (Å²) in [5, 5.41) is 7.94. The molecule has 3 aromatic rings. The van der Waals surface area contributed by atoms with Crippen molar-refractivity contribution in [3.63, 3.8) is 0 Å². The third kappa shape index (κ3) is 2.12. The van der Waals surface area contributed by atoms with Crippen molar-refractivity contribution < 1.29 is 4.52 Å². The Morgan fingerprint density at radius 2 is 2.06 bits per heavy atom. The van der Waals surface area contributed by atoms with Crippen LogP contribution in [0, 0.1) is 0 Å². The molecule has 0 atom stereocenters. The number of para-hydroxylation sites is 1. The molecule has 0 aliphatic heterocycles. The highest BCUT2D eigenvalue weighted by molar-refractivity contribution is 6.28. The van der Waals surface area contributed by atoms with E-state index in [1.165, 1.54) is 0 Å². The van der Waals surface area contributed by atoms with Crippen LogP contribution in [0.3, 0.4) is 0 Å². The first-order valence-corrected chi connectivity index (χ1v) is 5.76. The van der Waals surface area contributed by atoms with E-state index in [1.54, 1.807) is 12.3 Å². The molecular weight excluding hydrogens is 252 g/mol. The van der Waals surface area contributed by atoms with Crippen LogP contribution in [-0.4, -0.2) is 15.1 Å². The monoisotopic (exact) mass is 260 g/mol. The normalized spacial score (nSPS) is 10.7. The minimum atomic E-state index is 0.216. The molecule has 90 valence electrons. The second kappa shape index (κ2) is 4.62. The molecule has 5 nitrogen and oxygen atoms in total. The van der Waals surface area contributed by atoms with Crippen LogP contribution < -0.4 is 5.32 Å². The highest BCUT2D eigenvalue weighted by Crippen LogP contribution is 2.22. The first-order valence-electron chi connectivity index (χ1n) is 5.38. The number of halogens is 1. The molecule has 0 amide bonds. The van der Waals surface area contributed by atoms with E-state index in [-0.39, 0.29) is 5.28 Å². The fourth-order valence-electron chi connectivity index (χ4n) is 1.69. The number of fused-ring (bicyclic) bond motifs is 1. The molecule has 1 N–H and O–H groups in total. The predicted molar refractivity (Wildman–Crippen MR) is 68.4 cm³/mol. The lowest BCUT2D eigenvalue weighted by molar-refractivity contribution is 0.388. The van der Waals surface area contributed by atoms with Gasteiger partial charge in [-0.05, 0) is 23.7 Å². The van der Waals surface area contributed by atoms with Crippen LogP contribution in [-0.2, 0) is 6.54 Å². The summed E-state index contributed by atoms with van der Waals surface area (Å²) in [4.78, 5) is 8.34. The molecule has 0 unspecified atom stereocenters. The number of hydrogen-bond acceptors (Lipinski definition) is 5. The number of benzene rings is 1. The number of rotatable bonds is 3. The van der Waals surface area contributed by atoms with Gasteiger partial charge in [0.1, 0.15) is 5.82 Å². The lowest BCUT2D eigenvalue weighted by Crippen LogP contribution is -2.02. The van der Waals surface area contributed by atoms with Crippen molar-refractivity contribution >= 4 is 28.3 Å². The maximum absolute atomic E-state index is 5.89. The van der Waals surface area contributed by atoms with Crippen molar-refractivity contribution in [3.05, 3.63) is 47.6 Å². The van der Waals surface area contributed by atoms with Gasteiger partial charge in [0, 0.05) is 11.5 Å². The van der Waals surface area contributed by atoms with Gasteiger partial charge in [0.2, 0.25) is 5.28 Å². The number of anilines is 1. The third-order valence-corrected chi connectivity index (χ3v) is 2.67. The zero-order valence-electron chi connectivity index (χ0n) is 9.30. The third-order valence-electron chi connectivity index (χ3n) is 2.50. The van der Waals surface area contributed by atoms with Gasteiger partial charge in [-0.1, -0.05) is 17.3 Å². The van der Waals surface area contributed by atoms with Crippen molar-refractivity contribution in [2.24, 2.45) is 0 Å². The van der Waals surface area contributed by atoms with Gasteiger partial charge in [-0.3, -0.25) is 0 Å². The van der Waals surface area contributed by atoms with Gasteiger partial charge in [-0.2, -0.15) is 0 Å². The van der Waals surface area contributed by atoms with E-state index in [0.717, 1.165) is 16.7 Å². The Morgan fingerprint density at radius 1 is 1.17 bits per heavy atom. The Kier molecular flexibility index (Phi) is 2.82. The number of aromatic nitrogens is 3. The van der Waals surface area contributed by atoms with Crippen molar-refractivity contribution in [2.75, 3.05) is 5.32 Å². The van der Waals surface area contributed by atoms with E-state index in [4.69, 9.17) is 16.1 Å². The van der Waals surface area contributed by atoms with Gasteiger partial charge >= 0.3 is 0 Å². The maximum atomic E-state index is 5.89. The first kappa shape index (κ1) is 11.0. The predicted octanol–water partition coefficient (Wildman–Crippen LogP) is 2.88. The van der Waals surface area contributed by atoms with Crippen LogP contribution in [0.5, 0.6) is 0 Å². The summed E-state index contributed by atoms with van der Waals surface area (Å²) in [5.41, 5.74) is 0.803. The number of hydrogen-bond donors (Lipinski definition) is 1. The molecule has 1 aromatic carbocycles. The zero-order valence-corrected chi connectivity index (χ0v) is 10.1. The zero-order chi connectivity index (χ0) is 12.4. The average molecular weight is 261 g/mol. The molecule has 0 aliphatic rings. The molecule has 3 rings (SSSR count). The molecule has 2 heterocycles. The fraction of sp³-hybridized carbons (Fsp3) is 0.0833. The van der Waals surface area contributed by atoms with Crippen LogP contribution in [0.2, 0.25) is 5.28 Å². The van der Waals surface area contributed by atoms with E-state index in [9.17, 15) is 0 Å². The fourth-order valence-corrected chi connectivity index (χ4v) is 1.86. The Morgan fingerprint density at radius 3 is 2.89 bits per heavy atom. The summed E-state index contributed by atoms with van der Waals surface area (Å²) in [6, 6.07) is 9.46. The molecule has 0 bridgehead atoms. The van der Waals surface area contributed by atoms with Crippen molar-refractivity contribution in [3.8, 4) is 0 Å². The topological polar surface area (TPSA) is 63.8 Å². The Bertz CT molecular complexity index is 669. The summed E-state index contributed by atoms with van der Waals surface area (Å²) in [6.07, 6.45) is 1.60. The van der Waals surface area contributed by atoms with E-state index >= 15 is 0 Å². The van der Waals surface area contributed by atoms with Crippen LogP contribution in [0.1, 0.15) is 5.76 Å². The Labute approximate surface area is 108 Å². The minimum absolute atomic E-state index is 0.216. The van der Waals surface area contributed by atoms with Crippen molar-refractivity contribution in [1.82, 2.24) is 15.1 Å². The van der Waals surface area contributed by atoms with Crippen LogP contribution in [0.25, 0.3) is 10.9 Å². The molecule has 18 heavy (non-hydrogen) atoms. The highest BCUT2D eigenvalue weighted by Gasteiger charge is 2.06. The second-order valence-corrected chi connectivity index (χ2v) is 4.03. The maximum Gasteiger partial charge on any atom is 0.224 e. The second-order valence-electron chi connectivity index (χ2n) is 3.69. The lowest BCUT2D eigenvalue weighted by atomic mass is 10.2. The van der Waals surface area contributed by atoms with E-state index < -0.39 is 0 Å². The van der Waals surface area contributed by atoms with Gasteiger partial charge in [-0.15, -0.1) is 0 Å². The summed E-state index contributed by atoms with van der Waals surface area (Å²) in [7, 11) is 0. The molecule has 0 aliphatic carbocycles. The van der Waals surface area contributed by atoms with E-state index in [1.807, 2.05) is 24.3 Å². The smallest absolute Gasteiger partial charge is 0.224 e. The summed E-state index contributed by atoms with van der Waals surface area (Å²) in [6.45, 7) is 0.497. The van der Waals surface area contributed by atoms with Gasteiger partial charge in [0.15, 0.2) is 5.76 Å².